The summed E-state index contributed by atoms with van der Waals surface area (Å²) in [6, 6.07) is 14.3. The Balaban J connectivity index is 2.02. The lowest BCUT2D eigenvalue weighted by atomic mass is 10.1. The average molecular weight is 286 g/mol. The lowest BCUT2D eigenvalue weighted by Crippen LogP contribution is -2.18. The van der Waals surface area contributed by atoms with Gasteiger partial charge in [-0.05, 0) is 23.6 Å². The third kappa shape index (κ3) is 4.11. The van der Waals surface area contributed by atoms with E-state index in [1.165, 1.54) is 6.07 Å². The van der Waals surface area contributed by atoms with E-state index in [1.807, 2.05) is 37.3 Å². The molecule has 0 aliphatic carbocycles. The van der Waals surface area contributed by atoms with Crippen LogP contribution in [0.15, 0.2) is 48.5 Å². The molecule has 0 heterocycles. The molecule has 5 nitrogen and oxygen atoms in total. The molecule has 0 fully saturated rings. The minimum Gasteiger partial charge on any atom is -0.392 e. The summed E-state index contributed by atoms with van der Waals surface area (Å²) >= 11 is 0. The number of aliphatic hydroxyl groups is 1. The molecule has 0 saturated heterocycles. The molecule has 1 atom stereocenters. The van der Waals surface area contributed by atoms with E-state index in [2.05, 4.69) is 5.32 Å². The van der Waals surface area contributed by atoms with Crippen molar-refractivity contribution in [2.45, 2.75) is 26.1 Å². The van der Waals surface area contributed by atoms with Crippen molar-refractivity contribution in [2.75, 3.05) is 0 Å². The van der Waals surface area contributed by atoms with Gasteiger partial charge < -0.3 is 10.4 Å². The average Bonchev–Trinajstić information content (AvgIpc) is 2.53. The van der Waals surface area contributed by atoms with Gasteiger partial charge in [-0.25, -0.2) is 0 Å². The van der Waals surface area contributed by atoms with Crippen LogP contribution in [0.3, 0.4) is 0 Å². The van der Waals surface area contributed by atoms with Gasteiger partial charge in [0, 0.05) is 24.7 Å². The van der Waals surface area contributed by atoms with E-state index in [9.17, 15) is 10.1 Å². The summed E-state index contributed by atoms with van der Waals surface area (Å²) in [6.45, 7) is 2.63. The molecule has 2 aromatic rings. The molecule has 21 heavy (non-hydrogen) atoms. The number of non-ortho nitro benzene ring substituents is 1. The smallest absolute Gasteiger partial charge is 0.269 e. The third-order valence-electron chi connectivity index (χ3n) is 3.37. The molecule has 0 bridgehead atoms. The zero-order valence-electron chi connectivity index (χ0n) is 11.8. The van der Waals surface area contributed by atoms with Crippen LogP contribution in [0, 0.1) is 10.1 Å². The Labute approximate surface area is 123 Å². The second-order valence-corrected chi connectivity index (χ2v) is 4.93. The predicted octanol–water partition coefficient (Wildman–Crippen LogP) is 2.94. The number of hydrogen-bond donors (Lipinski definition) is 2. The van der Waals surface area contributed by atoms with E-state index in [1.54, 1.807) is 12.1 Å². The SMILES string of the molecule is CC(NCc1cccc(CO)c1)c1cccc([N+](=O)[O-])c1. The fourth-order valence-corrected chi connectivity index (χ4v) is 2.13. The van der Waals surface area contributed by atoms with Crippen LogP contribution in [-0.2, 0) is 13.2 Å². The fourth-order valence-electron chi connectivity index (χ4n) is 2.13. The topological polar surface area (TPSA) is 75.4 Å². The number of aliphatic hydroxyl groups excluding tert-OH is 1. The van der Waals surface area contributed by atoms with Crippen molar-refractivity contribution in [2.24, 2.45) is 0 Å². The Morgan fingerprint density at radius 2 is 1.90 bits per heavy atom. The summed E-state index contributed by atoms with van der Waals surface area (Å²) in [5.74, 6) is 0. The largest absolute Gasteiger partial charge is 0.392 e. The molecule has 0 spiro atoms. The maximum absolute atomic E-state index is 10.8. The molecule has 0 aliphatic rings. The summed E-state index contributed by atoms with van der Waals surface area (Å²) < 4.78 is 0. The van der Waals surface area contributed by atoms with Crippen LogP contribution >= 0.6 is 0 Å². The molecule has 2 aromatic carbocycles. The maximum Gasteiger partial charge on any atom is 0.269 e. The number of benzene rings is 2. The van der Waals surface area contributed by atoms with Crippen LogP contribution in [-0.4, -0.2) is 10.0 Å². The summed E-state index contributed by atoms with van der Waals surface area (Å²) in [5.41, 5.74) is 2.92. The van der Waals surface area contributed by atoms with Gasteiger partial charge in [-0.3, -0.25) is 10.1 Å². The summed E-state index contributed by atoms with van der Waals surface area (Å²) in [6.07, 6.45) is 0. The lowest BCUT2D eigenvalue weighted by molar-refractivity contribution is -0.384. The van der Waals surface area contributed by atoms with Gasteiger partial charge in [0.05, 0.1) is 11.5 Å². The Kier molecular flexibility index (Phi) is 5.03. The van der Waals surface area contributed by atoms with Crippen molar-refractivity contribution in [3.8, 4) is 0 Å². The first-order valence-electron chi connectivity index (χ1n) is 6.76. The number of hydrogen-bond acceptors (Lipinski definition) is 4. The second kappa shape index (κ2) is 6.97. The van der Waals surface area contributed by atoms with E-state index in [0.29, 0.717) is 6.54 Å². The Morgan fingerprint density at radius 3 is 2.62 bits per heavy atom. The van der Waals surface area contributed by atoms with Gasteiger partial charge in [0.2, 0.25) is 0 Å². The highest BCUT2D eigenvalue weighted by atomic mass is 16.6. The van der Waals surface area contributed by atoms with Crippen LogP contribution < -0.4 is 5.32 Å². The number of nitro groups is 1. The van der Waals surface area contributed by atoms with Crippen molar-refractivity contribution < 1.29 is 10.0 Å². The van der Waals surface area contributed by atoms with Gasteiger partial charge in [0.25, 0.3) is 5.69 Å². The summed E-state index contributed by atoms with van der Waals surface area (Å²) in [5, 5.41) is 23.2. The highest BCUT2D eigenvalue weighted by Gasteiger charge is 2.10. The molecule has 0 amide bonds. The zero-order chi connectivity index (χ0) is 15.2. The molecule has 2 N–H and O–H groups in total. The minimum atomic E-state index is -0.388. The highest BCUT2D eigenvalue weighted by Crippen LogP contribution is 2.19. The molecule has 2 rings (SSSR count). The number of nitro benzene ring substituents is 1. The van der Waals surface area contributed by atoms with Gasteiger partial charge in [-0.2, -0.15) is 0 Å². The highest BCUT2D eigenvalue weighted by molar-refractivity contribution is 5.35. The standard InChI is InChI=1S/C16H18N2O3/c1-12(15-6-3-7-16(9-15)18(20)21)17-10-13-4-2-5-14(8-13)11-19/h2-9,12,17,19H,10-11H2,1H3. The molecule has 110 valence electrons. The van der Waals surface area contributed by atoms with Crippen LogP contribution in [0.2, 0.25) is 0 Å². The van der Waals surface area contributed by atoms with E-state index >= 15 is 0 Å². The Morgan fingerprint density at radius 1 is 1.19 bits per heavy atom. The van der Waals surface area contributed by atoms with Crippen molar-refractivity contribution in [1.29, 1.82) is 0 Å². The summed E-state index contributed by atoms with van der Waals surface area (Å²) in [7, 11) is 0. The maximum atomic E-state index is 10.8. The Hall–Kier alpha value is -2.24. The van der Waals surface area contributed by atoms with Gasteiger partial charge in [0.15, 0.2) is 0 Å². The first-order valence-corrected chi connectivity index (χ1v) is 6.76. The molecular formula is C16H18N2O3. The predicted molar refractivity (Wildman–Crippen MR) is 80.7 cm³/mol. The van der Waals surface area contributed by atoms with E-state index < -0.39 is 0 Å². The first kappa shape index (κ1) is 15.2. The molecule has 0 radical (unpaired) electrons. The van der Waals surface area contributed by atoms with Crippen LogP contribution in [0.1, 0.15) is 29.7 Å². The summed E-state index contributed by atoms with van der Waals surface area (Å²) in [4.78, 5) is 10.4. The second-order valence-electron chi connectivity index (χ2n) is 4.93. The molecule has 0 aliphatic heterocycles. The van der Waals surface area contributed by atoms with Crippen molar-refractivity contribution in [3.05, 3.63) is 75.3 Å². The molecule has 5 heteroatoms. The Bertz CT molecular complexity index is 628. The van der Waals surface area contributed by atoms with Crippen LogP contribution in [0.5, 0.6) is 0 Å². The molecular weight excluding hydrogens is 268 g/mol. The van der Waals surface area contributed by atoms with Crippen LogP contribution in [0.25, 0.3) is 0 Å². The fraction of sp³-hybridized carbons (Fsp3) is 0.250. The van der Waals surface area contributed by atoms with Crippen LogP contribution in [0.4, 0.5) is 5.69 Å². The van der Waals surface area contributed by atoms with E-state index in [4.69, 9.17) is 5.11 Å². The van der Waals surface area contributed by atoms with Crippen molar-refractivity contribution in [1.82, 2.24) is 5.32 Å². The number of rotatable bonds is 6. The molecule has 0 aromatic heterocycles. The lowest BCUT2D eigenvalue weighted by Gasteiger charge is -2.14. The third-order valence-corrected chi connectivity index (χ3v) is 3.37. The normalized spacial score (nSPS) is 12.1. The molecule has 1 unspecified atom stereocenters. The quantitative estimate of drug-likeness (QED) is 0.632. The zero-order valence-corrected chi connectivity index (χ0v) is 11.8. The monoisotopic (exact) mass is 286 g/mol. The van der Waals surface area contributed by atoms with Gasteiger partial charge in [-0.1, -0.05) is 36.4 Å². The first-order chi connectivity index (χ1) is 10.1. The van der Waals surface area contributed by atoms with Crippen molar-refractivity contribution in [3.63, 3.8) is 0 Å². The van der Waals surface area contributed by atoms with E-state index in [-0.39, 0.29) is 23.3 Å². The molecule has 0 saturated carbocycles. The van der Waals surface area contributed by atoms with Crippen molar-refractivity contribution >= 4 is 5.69 Å². The van der Waals surface area contributed by atoms with Gasteiger partial charge in [0.1, 0.15) is 0 Å². The number of nitrogens with one attached hydrogen (secondary N) is 1. The van der Waals surface area contributed by atoms with Gasteiger partial charge in [-0.15, -0.1) is 0 Å². The van der Waals surface area contributed by atoms with Gasteiger partial charge >= 0.3 is 0 Å². The number of nitrogens with zero attached hydrogens (tertiary/aromatic N) is 1. The van der Waals surface area contributed by atoms with E-state index in [0.717, 1.165) is 16.7 Å². The minimum absolute atomic E-state index is 0.00248.